The van der Waals surface area contributed by atoms with Crippen LogP contribution in [-0.4, -0.2) is 48.9 Å². The molecule has 3 fully saturated rings. The highest BCUT2D eigenvalue weighted by atomic mass is 35.5. The van der Waals surface area contributed by atoms with Crippen LogP contribution in [0.15, 0.2) is 30.3 Å². The molecule has 2 saturated heterocycles. The Morgan fingerprint density at radius 3 is 2.62 bits per heavy atom. The molecule has 1 aromatic carbocycles. The predicted octanol–water partition coefficient (Wildman–Crippen LogP) is 2.45. The maximum absolute atomic E-state index is 13.1. The minimum atomic E-state index is -0.294. The molecule has 2 atom stereocenters. The van der Waals surface area contributed by atoms with Gasteiger partial charge in [0.15, 0.2) is 0 Å². The summed E-state index contributed by atoms with van der Waals surface area (Å²) in [7, 11) is 0. The van der Waals surface area contributed by atoms with Crippen LogP contribution in [0.4, 0.5) is 5.69 Å². The van der Waals surface area contributed by atoms with Gasteiger partial charge in [-0.3, -0.25) is 9.59 Å². The van der Waals surface area contributed by atoms with Gasteiger partial charge in [-0.05, 0) is 63.2 Å². The van der Waals surface area contributed by atoms with E-state index in [0.29, 0.717) is 13.1 Å². The van der Waals surface area contributed by atoms with E-state index in [4.69, 9.17) is 0 Å². The van der Waals surface area contributed by atoms with Gasteiger partial charge in [-0.25, -0.2) is 0 Å². The summed E-state index contributed by atoms with van der Waals surface area (Å²) >= 11 is 0. The van der Waals surface area contributed by atoms with Crippen LogP contribution in [0.1, 0.15) is 32.6 Å². The summed E-state index contributed by atoms with van der Waals surface area (Å²) in [5, 5.41) is 3.38. The van der Waals surface area contributed by atoms with E-state index in [9.17, 15) is 9.59 Å². The van der Waals surface area contributed by atoms with Crippen molar-refractivity contribution in [2.24, 2.45) is 11.3 Å². The molecule has 1 spiro atoms. The number of hydrogen-bond acceptors (Lipinski definition) is 3. The van der Waals surface area contributed by atoms with Crippen molar-refractivity contribution in [1.29, 1.82) is 0 Å². The van der Waals surface area contributed by atoms with Gasteiger partial charge in [0.05, 0.1) is 0 Å². The molecule has 2 heterocycles. The van der Waals surface area contributed by atoms with Gasteiger partial charge >= 0.3 is 0 Å². The lowest BCUT2D eigenvalue weighted by atomic mass is 9.91. The molecule has 1 aromatic rings. The van der Waals surface area contributed by atoms with E-state index in [1.807, 2.05) is 47.1 Å². The average molecular weight is 378 g/mol. The number of halogens is 1. The van der Waals surface area contributed by atoms with Crippen LogP contribution >= 0.6 is 12.4 Å². The molecule has 4 rings (SSSR count). The number of carbonyl (C=O) groups is 2. The average Bonchev–Trinajstić information content (AvgIpc) is 3.20. The third kappa shape index (κ3) is 3.23. The van der Waals surface area contributed by atoms with Crippen molar-refractivity contribution in [2.75, 3.05) is 31.1 Å². The fraction of sp³-hybridized carbons (Fsp3) is 0.600. The highest BCUT2D eigenvalue weighted by molar-refractivity contribution is 6.01. The third-order valence-corrected chi connectivity index (χ3v) is 6.33. The largest absolute Gasteiger partial charge is 0.331 e. The first kappa shape index (κ1) is 19.2. The zero-order valence-corrected chi connectivity index (χ0v) is 16.1. The van der Waals surface area contributed by atoms with Crippen LogP contribution in [0.25, 0.3) is 0 Å². The topological polar surface area (TPSA) is 52.7 Å². The monoisotopic (exact) mass is 377 g/mol. The van der Waals surface area contributed by atoms with E-state index in [2.05, 4.69) is 5.32 Å². The first-order chi connectivity index (χ1) is 12.2. The van der Waals surface area contributed by atoms with Crippen LogP contribution in [0.5, 0.6) is 0 Å². The van der Waals surface area contributed by atoms with Crippen LogP contribution < -0.4 is 10.2 Å². The fourth-order valence-electron chi connectivity index (χ4n) is 4.72. The summed E-state index contributed by atoms with van der Waals surface area (Å²) in [6.45, 7) is 5.33. The summed E-state index contributed by atoms with van der Waals surface area (Å²) < 4.78 is 0. The number of rotatable bonds is 4. The zero-order valence-electron chi connectivity index (χ0n) is 15.3. The highest BCUT2D eigenvalue weighted by Gasteiger charge is 2.59. The molecule has 2 amide bonds. The van der Waals surface area contributed by atoms with Crippen molar-refractivity contribution in [1.82, 2.24) is 10.2 Å². The van der Waals surface area contributed by atoms with E-state index in [1.165, 1.54) is 0 Å². The molecule has 1 aliphatic carbocycles. The fourth-order valence-corrected chi connectivity index (χ4v) is 4.72. The summed E-state index contributed by atoms with van der Waals surface area (Å²) in [6, 6.07) is 9.48. The molecule has 0 aromatic heterocycles. The first-order valence-corrected chi connectivity index (χ1v) is 9.54. The molecule has 1 saturated carbocycles. The van der Waals surface area contributed by atoms with E-state index >= 15 is 0 Å². The molecule has 2 aliphatic heterocycles. The van der Waals surface area contributed by atoms with Crippen molar-refractivity contribution >= 4 is 29.9 Å². The summed E-state index contributed by atoms with van der Waals surface area (Å²) in [5.41, 5.74) is 1.15. The van der Waals surface area contributed by atoms with E-state index < -0.39 is 0 Å². The van der Waals surface area contributed by atoms with Crippen LogP contribution in [0, 0.1) is 11.3 Å². The van der Waals surface area contributed by atoms with Gasteiger partial charge in [-0.15, -0.1) is 12.4 Å². The molecule has 142 valence electrons. The zero-order chi connectivity index (χ0) is 17.4. The Hall–Kier alpha value is -1.59. The van der Waals surface area contributed by atoms with Crippen LogP contribution in [-0.2, 0) is 9.59 Å². The van der Waals surface area contributed by atoms with Gasteiger partial charge in [0, 0.05) is 24.7 Å². The highest BCUT2D eigenvalue weighted by Crippen LogP contribution is 2.59. The van der Waals surface area contributed by atoms with Gasteiger partial charge < -0.3 is 15.1 Å². The van der Waals surface area contributed by atoms with Crippen molar-refractivity contribution < 1.29 is 9.59 Å². The van der Waals surface area contributed by atoms with Crippen molar-refractivity contribution in [3.8, 4) is 0 Å². The molecule has 5 nitrogen and oxygen atoms in total. The van der Waals surface area contributed by atoms with E-state index in [0.717, 1.165) is 44.5 Å². The quantitative estimate of drug-likeness (QED) is 0.876. The molecule has 2 unspecified atom stereocenters. The summed E-state index contributed by atoms with van der Waals surface area (Å²) in [5.74, 6) is 0.409. The van der Waals surface area contributed by atoms with Crippen molar-refractivity contribution in [3.63, 3.8) is 0 Å². The predicted molar refractivity (Wildman–Crippen MR) is 104 cm³/mol. The van der Waals surface area contributed by atoms with Crippen molar-refractivity contribution in [3.05, 3.63) is 30.3 Å². The molecule has 0 radical (unpaired) electrons. The van der Waals surface area contributed by atoms with E-state index in [1.54, 1.807) is 0 Å². The van der Waals surface area contributed by atoms with Gasteiger partial charge in [-0.1, -0.05) is 18.2 Å². The number of likely N-dealkylation sites (N-methyl/N-ethyl adjacent to an activating group) is 1. The number of anilines is 1. The SMILES string of the molecule is CCN(C(=O)C1CC12CCNCC2)C1CCN(c2ccccc2)C1=O.Cl. The Bertz CT molecular complexity index is 660. The molecular formula is C20H28ClN3O2. The minimum Gasteiger partial charge on any atom is -0.331 e. The lowest BCUT2D eigenvalue weighted by Gasteiger charge is -2.29. The standard InChI is InChI=1S/C20H27N3O2.ClH/c1-2-22(18(24)16-14-20(16)9-11-21-12-10-20)17-8-13-23(19(17)25)15-6-4-3-5-7-15;/h3-7,16-17,21H,2,8-14H2,1H3;1H. The summed E-state index contributed by atoms with van der Waals surface area (Å²) in [4.78, 5) is 29.7. The Balaban J connectivity index is 0.00000196. The van der Waals surface area contributed by atoms with Crippen LogP contribution in [0.3, 0.4) is 0 Å². The maximum atomic E-state index is 13.1. The minimum absolute atomic E-state index is 0. The van der Waals surface area contributed by atoms with Gasteiger partial charge in [0.2, 0.25) is 11.8 Å². The lowest BCUT2D eigenvalue weighted by Crippen LogP contribution is -2.46. The van der Waals surface area contributed by atoms with Gasteiger partial charge in [-0.2, -0.15) is 0 Å². The number of piperidine rings is 1. The Kier molecular flexibility index (Phi) is 5.58. The van der Waals surface area contributed by atoms with Crippen molar-refractivity contribution in [2.45, 2.75) is 38.6 Å². The normalized spacial score (nSPS) is 26.5. The Labute approximate surface area is 161 Å². The number of nitrogens with one attached hydrogen (secondary N) is 1. The van der Waals surface area contributed by atoms with Gasteiger partial charge in [0.1, 0.15) is 6.04 Å². The number of nitrogens with zero attached hydrogens (tertiary/aromatic N) is 2. The van der Waals surface area contributed by atoms with Crippen LogP contribution in [0.2, 0.25) is 0 Å². The number of hydrogen-bond donors (Lipinski definition) is 1. The number of carbonyl (C=O) groups excluding carboxylic acids is 2. The Morgan fingerprint density at radius 1 is 1.27 bits per heavy atom. The number of amides is 2. The lowest BCUT2D eigenvalue weighted by molar-refractivity contribution is -0.140. The summed E-state index contributed by atoms with van der Waals surface area (Å²) in [6.07, 6.45) is 3.92. The first-order valence-electron chi connectivity index (χ1n) is 9.54. The second-order valence-corrected chi connectivity index (χ2v) is 7.62. The smallest absolute Gasteiger partial charge is 0.249 e. The number of para-hydroxylation sites is 1. The van der Waals surface area contributed by atoms with E-state index in [-0.39, 0.29) is 41.6 Å². The second-order valence-electron chi connectivity index (χ2n) is 7.62. The molecular weight excluding hydrogens is 350 g/mol. The third-order valence-electron chi connectivity index (χ3n) is 6.33. The Morgan fingerprint density at radius 2 is 1.96 bits per heavy atom. The second kappa shape index (κ2) is 7.57. The molecule has 26 heavy (non-hydrogen) atoms. The maximum Gasteiger partial charge on any atom is 0.249 e. The molecule has 3 aliphatic rings. The molecule has 6 heteroatoms. The molecule has 1 N–H and O–H groups in total. The number of benzene rings is 1. The van der Waals surface area contributed by atoms with Gasteiger partial charge in [0.25, 0.3) is 0 Å². The molecule has 0 bridgehead atoms.